The molecule has 1 aromatic heterocycles. The Balaban J connectivity index is 1.59. The molecule has 1 N–H and O–H groups in total. The number of likely N-dealkylation sites (tertiary alicyclic amines) is 1. The molecule has 7 nitrogen and oxygen atoms in total. The van der Waals surface area contributed by atoms with E-state index in [0.29, 0.717) is 22.4 Å². The van der Waals surface area contributed by atoms with E-state index >= 15 is 0 Å². The number of aromatic amines is 1. The quantitative estimate of drug-likeness (QED) is 0.575. The molecule has 1 fully saturated rings. The first-order valence-electron chi connectivity index (χ1n) is 8.66. The summed E-state index contributed by atoms with van der Waals surface area (Å²) in [6.45, 7) is 1.64. The molecule has 7 heteroatoms. The molecular formula is C19H18N4O3. The van der Waals surface area contributed by atoms with Gasteiger partial charge in [-0.3, -0.25) is 14.9 Å². The summed E-state index contributed by atoms with van der Waals surface area (Å²) in [5, 5.41) is 10.9. The highest BCUT2D eigenvalue weighted by Crippen LogP contribution is 2.24. The Kier molecular flexibility index (Phi) is 4.12. The molecule has 0 unspecified atom stereocenters. The second-order valence-electron chi connectivity index (χ2n) is 6.47. The van der Waals surface area contributed by atoms with Crippen LogP contribution >= 0.6 is 0 Å². The lowest BCUT2D eigenvalue weighted by Crippen LogP contribution is -2.35. The van der Waals surface area contributed by atoms with Gasteiger partial charge in [-0.15, -0.1) is 0 Å². The van der Waals surface area contributed by atoms with Gasteiger partial charge in [-0.1, -0.05) is 12.1 Å². The average molecular weight is 350 g/mol. The predicted molar refractivity (Wildman–Crippen MR) is 97.9 cm³/mol. The Labute approximate surface area is 149 Å². The number of nitro benzene ring substituents is 1. The van der Waals surface area contributed by atoms with Crippen LogP contribution < -0.4 is 0 Å². The summed E-state index contributed by atoms with van der Waals surface area (Å²) in [6.07, 6.45) is 3.32. The van der Waals surface area contributed by atoms with E-state index < -0.39 is 4.92 Å². The molecule has 26 heavy (non-hydrogen) atoms. The number of piperidine rings is 1. The standard InChI is InChI=1S/C19H18N4O3/c24-19(22-10-2-1-3-11-22)14-6-4-13(5-7-14)18-20-16-9-8-15(23(25)26)12-17(16)21-18/h4-9,12H,1-3,10-11H2,(H,20,21). The lowest BCUT2D eigenvalue weighted by molar-refractivity contribution is -0.384. The highest BCUT2D eigenvalue weighted by molar-refractivity contribution is 5.94. The zero-order valence-corrected chi connectivity index (χ0v) is 14.1. The molecule has 0 saturated carbocycles. The van der Waals surface area contributed by atoms with Crippen molar-refractivity contribution in [3.05, 3.63) is 58.1 Å². The number of nitrogens with one attached hydrogen (secondary N) is 1. The van der Waals surface area contributed by atoms with Crippen molar-refractivity contribution >= 4 is 22.6 Å². The first-order chi connectivity index (χ1) is 12.6. The number of imidazole rings is 1. The minimum Gasteiger partial charge on any atom is -0.339 e. The van der Waals surface area contributed by atoms with Gasteiger partial charge in [-0.05, 0) is 37.5 Å². The van der Waals surface area contributed by atoms with Crippen LogP contribution in [-0.4, -0.2) is 38.8 Å². The van der Waals surface area contributed by atoms with E-state index in [0.717, 1.165) is 31.5 Å². The number of non-ortho nitro benzene ring substituents is 1. The maximum Gasteiger partial charge on any atom is 0.271 e. The van der Waals surface area contributed by atoms with Crippen LogP contribution in [0.15, 0.2) is 42.5 Å². The van der Waals surface area contributed by atoms with Crippen molar-refractivity contribution in [1.29, 1.82) is 0 Å². The van der Waals surface area contributed by atoms with Crippen molar-refractivity contribution in [2.45, 2.75) is 19.3 Å². The number of nitro groups is 1. The molecule has 0 atom stereocenters. The number of nitrogens with zero attached hydrogens (tertiary/aromatic N) is 3. The van der Waals surface area contributed by atoms with Crippen LogP contribution in [0.5, 0.6) is 0 Å². The highest BCUT2D eigenvalue weighted by atomic mass is 16.6. The van der Waals surface area contributed by atoms with Crippen LogP contribution in [0.25, 0.3) is 22.4 Å². The van der Waals surface area contributed by atoms with Crippen LogP contribution in [0, 0.1) is 10.1 Å². The van der Waals surface area contributed by atoms with Gasteiger partial charge >= 0.3 is 0 Å². The minimum atomic E-state index is -0.430. The normalized spacial score (nSPS) is 14.5. The first kappa shape index (κ1) is 16.3. The van der Waals surface area contributed by atoms with Crippen molar-refractivity contribution in [2.24, 2.45) is 0 Å². The molecule has 2 heterocycles. The maximum absolute atomic E-state index is 12.5. The molecule has 3 aromatic rings. The fourth-order valence-corrected chi connectivity index (χ4v) is 3.30. The lowest BCUT2D eigenvalue weighted by atomic mass is 10.1. The lowest BCUT2D eigenvalue weighted by Gasteiger charge is -2.26. The Morgan fingerprint density at radius 3 is 2.50 bits per heavy atom. The van der Waals surface area contributed by atoms with Crippen LogP contribution in [0.2, 0.25) is 0 Å². The van der Waals surface area contributed by atoms with Crippen molar-refractivity contribution in [1.82, 2.24) is 14.9 Å². The van der Waals surface area contributed by atoms with Crippen molar-refractivity contribution in [3.63, 3.8) is 0 Å². The van der Waals surface area contributed by atoms with Gasteiger partial charge in [-0.25, -0.2) is 4.98 Å². The van der Waals surface area contributed by atoms with Crippen molar-refractivity contribution < 1.29 is 9.72 Å². The number of carbonyl (C=O) groups excluding carboxylic acids is 1. The third-order valence-electron chi connectivity index (χ3n) is 4.72. The van der Waals surface area contributed by atoms with Gasteiger partial charge in [0.25, 0.3) is 11.6 Å². The zero-order valence-electron chi connectivity index (χ0n) is 14.1. The Bertz CT molecular complexity index is 972. The second-order valence-corrected chi connectivity index (χ2v) is 6.47. The molecule has 1 saturated heterocycles. The first-order valence-corrected chi connectivity index (χ1v) is 8.66. The van der Waals surface area contributed by atoms with Gasteiger partial charge in [0.05, 0.1) is 16.0 Å². The van der Waals surface area contributed by atoms with E-state index in [2.05, 4.69) is 9.97 Å². The Morgan fingerprint density at radius 1 is 1.08 bits per heavy atom. The summed E-state index contributed by atoms with van der Waals surface area (Å²) in [7, 11) is 0. The zero-order chi connectivity index (χ0) is 18.1. The van der Waals surface area contributed by atoms with Gasteiger partial charge in [-0.2, -0.15) is 0 Å². The minimum absolute atomic E-state index is 0.0233. The molecule has 1 aliphatic rings. The largest absolute Gasteiger partial charge is 0.339 e. The summed E-state index contributed by atoms with van der Waals surface area (Å²) in [6, 6.07) is 11.9. The number of amides is 1. The number of benzene rings is 2. The van der Waals surface area contributed by atoms with Crippen molar-refractivity contribution in [3.8, 4) is 11.4 Å². The van der Waals surface area contributed by atoms with E-state index in [1.54, 1.807) is 6.07 Å². The van der Waals surface area contributed by atoms with E-state index in [1.807, 2.05) is 29.2 Å². The molecule has 1 amide bonds. The Hall–Kier alpha value is -3.22. The molecule has 4 rings (SSSR count). The van der Waals surface area contributed by atoms with E-state index in [-0.39, 0.29) is 11.6 Å². The molecule has 0 radical (unpaired) electrons. The molecule has 1 aliphatic heterocycles. The number of hydrogen-bond donors (Lipinski definition) is 1. The number of carbonyl (C=O) groups is 1. The Morgan fingerprint density at radius 2 is 1.81 bits per heavy atom. The molecule has 0 bridgehead atoms. The summed E-state index contributed by atoms with van der Waals surface area (Å²) >= 11 is 0. The van der Waals surface area contributed by atoms with Crippen LogP contribution in [0.3, 0.4) is 0 Å². The maximum atomic E-state index is 12.5. The van der Waals surface area contributed by atoms with Crippen LogP contribution in [0.1, 0.15) is 29.6 Å². The third kappa shape index (κ3) is 3.03. The van der Waals surface area contributed by atoms with Crippen LogP contribution in [0.4, 0.5) is 5.69 Å². The molecule has 132 valence electrons. The van der Waals surface area contributed by atoms with E-state index in [9.17, 15) is 14.9 Å². The van der Waals surface area contributed by atoms with Gasteiger partial charge in [0.2, 0.25) is 0 Å². The summed E-state index contributed by atoms with van der Waals surface area (Å²) < 4.78 is 0. The highest BCUT2D eigenvalue weighted by Gasteiger charge is 2.18. The molecule has 0 spiro atoms. The number of hydrogen-bond acceptors (Lipinski definition) is 4. The third-order valence-corrected chi connectivity index (χ3v) is 4.72. The predicted octanol–water partition coefficient (Wildman–Crippen LogP) is 3.76. The summed E-state index contributed by atoms with van der Waals surface area (Å²) in [5.41, 5.74) is 2.80. The van der Waals surface area contributed by atoms with Gasteiger partial charge in [0, 0.05) is 36.3 Å². The number of fused-ring (bicyclic) bond motifs is 1. The van der Waals surface area contributed by atoms with E-state index in [1.165, 1.54) is 18.6 Å². The molecule has 2 aromatic carbocycles. The topological polar surface area (TPSA) is 92.1 Å². The summed E-state index contributed by atoms with van der Waals surface area (Å²) in [4.78, 5) is 32.5. The number of aromatic nitrogens is 2. The van der Waals surface area contributed by atoms with E-state index in [4.69, 9.17) is 0 Å². The number of rotatable bonds is 3. The van der Waals surface area contributed by atoms with Crippen LogP contribution in [-0.2, 0) is 0 Å². The van der Waals surface area contributed by atoms with Gasteiger partial charge < -0.3 is 9.88 Å². The monoisotopic (exact) mass is 350 g/mol. The number of H-pyrrole nitrogens is 1. The smallest absolute Gasteiger partial charge is 0.271 e. The molecular weight excluding hydrogens is 332 g/mol. The second kappa shape index (κ2) is 6.59. The average Bonchev–Trinajstić information content (AvgIpc) is 3.11. The molecule has 0 aliphatic carbocycles. The van der Waals surface area contributed by atoms with Gasteiger partial charge in [0.15, 0.2) is 0 Å². The summed E-state index contributed by atoms with van der Waals surface area (Å²) in [5.74, 6) is 0.689. The van der Waals surface area contributed by atoms with Crippen molar-refractivity contribution in [2.75, 3.05) is 13.1 Å². The van der Waals surface area contributed by atoms with Gasteiger partial charge in [0.1, 0.15) is 5.82 Å². The fraction of sp³-hybridized carbons (Fsp3) is 0.263. The fourth-order valence-electron chi connectivity index (χ4n) is 3.30. The SMILES string of the molecule is O=C(c1ccc(-c2nc3ccc([N+](=O)[O-])cc3[nH]2)cc1)N1CCCCC1.